The molecule has 1 aliphatic heterocycles. The van der Waals surface area contributed by atoms with Crippen LogP contribution in [0.2, 0.25) is 0 Å². The summed E-state index contributed by atoms with van der Waals surface area (Å²) >= 11 is 0. The van der Waals surface area contributed by atoms with Crippen LogP contribution >= 0.6 is 0 Å². The van der Waals surface area contributed by atoms with Gasteiger partial charge < -0.3 is 10.1 Å². The third-order valence-electron chi connectivity index (χ3n) is 5.79. The minimum atomic E-state index is 0.303. The van der Waals surface area contributed by atoms with E-state index in [1.54, 1.807) is 0 Å². The van der Waals surface area contributed by atoms with Gasteiger partial charge in [-0.05, 0) is 55.0 Å². The van der Waals surface area contributed by atoms with Crippen LogP contribution in [0.25, 0.3) is 17.0 Å². The summed E-state index contributed by atoms with van der Waals surface area (Å²) in [5.74, 6) is 0.939. The van der Waals surface area contributed by atoms with E-state index in [1.807, 2.05) is 6.08 Å². The molecule has 23 heavy (non-hydrogen) atoms. The van der Waals surface area contributed by atoms with Gasteiger partial charge in [-0.1, -0.05) is 25.6 Å². The van der Waals surface area contributed by atoms with Gasteiger partial charge in [-0.15, -0.1) is 0 Å². The summed E-state index contributed by atoms with van der Waals surface area (Å²) in [5.41, 5.74) is 5.33. The van der Waals surface area contributed by atoms with Gasteiger partial charge in [0.15, 0.2) is 0 Å². The maximum atomic E-state index is 9.75. The Morgan fingerprint density at radius 1 is 1.43 bits per heavy atom. The van der Waals surface area contributed by atoms with Crippen LogP contribution in [-0.4, -0.2) is 40.7 Å². The molecule has 2 aromatic rings. The lowest BCUT2D eigenvalue weighted by atomic mass is 9.72. The number of fused-ring (bicyclic) bond motifs is 2. The molecule has 122 valence electrons. The molecule has 0 bridgehead atoms. The molecule has 1 unspecified atom stereocenters. The summed E-state index contributed by atoms with van der Waals surface area (Å²) in [6, 6.07) is 7.20. The normalized spacial score (nSPS) is 27.1. The summed E-state index contributed by atoms with van der Waals surface area (Å²) in [6.45, 7) is 8.70. The van der Waals surface area contributed by atoms with Gasteiger partial charge in [0.25, 0.3) is 0 Å². The molecule has 3 nitrogen and oxygen atoms in total. The number of hydrogen-bond acceptors (Lipinski definition) is 2. The molecule has 2 N–H and O–H groups in total. The van der Waals surface area contributed by atoms with Crippen LogP contribution in [0.5, 0.6) is 0 Å². The number of rotatable bonds is 4. The third kappa shape index (κ3) is 2.26. The number of piperidine rings is 1. The zero-order chi connectivity index (χ0) is 16.0. The zero-order valence-corrected chi connectivity index (χ0v) is 13.9. The number of aromatic amines is 1. The van der Waals surface area contributed by atoms with Crippen molar-refractivity contribution in [1.29, 1.82) is 0 Å². The smallest absolute Gasteiger partial charge is 0.0471 e. The van der Waals surface area contributed by atoms with Crippen LogP contribution in [0.1, 0.15) is 42.5 Å². The predicted octanol–water partition coefficient (Wildman–Crippen LogP) is 3.54. The van der Waals surface area contributed by atoms with E-state index in [4.69, 9.17) is 0 Å². The quantitative estimate of drug-likeness (QED) is 0.906. The topological polar surface area (TPSA) is 39.3 Å². The van der Waals surface area contributed by atoms with Gasteiger partial charge in [-0.2, -0.15) is 0 Å². The molecule has 1 fully saturated rings. The summed E-state index contributed by atoms with van der Waals surface area (Å²) in [4.78, 5) is 6.16. The second-order valence-corrected chi connectivity index (χ2v) is 7.15. The first kappa shape index (κ1) is 15.0. The van der Waals surface area contributed by atoms with Crippen LogP contribution in [-0.2, 0) is 6.42 Å². The van der Waals surface area contributed by atoms with E-state index in [2.05, 4.69) is 41.6 Å². The number of nitrogens with one attached hydrogen (secondary N) is 1. The maximum absolute atomic E-state index is 9.75. The van der Waals surface area contributed by atoms with E-state index in [0.29, 0.717) is 24.5 Å². The number of aliphatic hydroxyl groups excluding tert-OH is 1. The van der Waals surface area contributed by atoms with E-state index >= 15 is 0 Å². The van der Waals surface area contributed by atoms with Crippen molar-refractivity contribution >= 4 is 17.0 Å². The Morgan fingerprint density at radius 3 is 3.04 bits per heavy atom. The van der Waals surface area contributed by atoms with Gasteiger partial charge in [0.2, 0.25) is 0 Å². The Bertz CT molecular complexity index is 733. The SMILES string of the molecule is C=Cc1[nH]c2cccc3c2c1C[C@@H]1C3C[C@@H](CO)CN1CCC. The van der Waals surface area contributed by atoms with Crippen LogP contribution in [0, 0.1) is 5.92 Å². The van der Waals surface area contributed by atoms with Gasteiger partial charge in [0, 0.05) is 41.7 Å². The van der Waals surface area contributed by atoms with Gasteiger partial charge in [-0.3, -0.25) is 4.90 Å². The van der Waals surface area contributed by atoms with Crippen molar-refractivity contribution < 1.29 is 5.11 Å². The molecule has 1 aliphatic carbocycles. The molecule has 4 rings (SSSR count). The molecule has 3 heteroatoms. The largest absolute Gasteiger partial charge is 0.396 e. The summed E-state index contributed by atoms with van der Waals surface area (Å²) in [7, 11) is 0. The lowest BCUT2D eigenvalue weighted by Gasteiger charge is -2.47. The summed E-state index contributed by atoms with van der Waals surface area (Å²) in [5, 5.41) is 11.2. The average Bonchev–Trinajstić information content (AvgIpc) is 2.95. The van der Waals surface area contributed by atoms with Crippen molar-refractivity contribution in [1.82, 2.24) is 9.88 Å². The fraction of sp³-hybridized carbons (Fsp3) is 0.500. The summed E-state index contributed by atoms with van der Waals surface area (Å²) < 4.78 is 0. The Labute approximate surface area is 138 Å². The fourth-order valence-corrected chi connectivity index (χ4v) is 4.87. The van der Waals surface area contributed by atoms with Crippen LogP contribution < -0.4 is 0 Å². The number of aromatic nitrogens is 1. The fourth-order valence-electron chi connectivity index (χ4n) is 4.87. The number of H-pyrrole nitrogens is 1. The van der Waals surface area contributed by atoms with Crippen molar-refractivity contribution in [2.45, 2.75) is 38.1 Å². The highest BCUT2D eigenvalue weighted by atomic mass is 16.3. The Hall–Kier alpha value is -1.58. The number of likely N-dealkylation sites (tertiary alicyclic amines) is 1. The molecular weight excluding hydrogens is 284 g/mol. The number of benzene rings is 1. The molecule has 0 radical (unpaired) electrons. The predicted molar refractivity (Wildman–Crippen MR) is 95.7 cm³/mol. The second kappa shape index (κ2) is 5.81. The zero-order valence-electron chi connectivity index (χ0n) is 13.9. The lowest BCUT2D eigenvalue weighted by molar-refractivity contribution is 0.0571. The second-order valence-electron chi connectivity index (χ2n) is 7.15. The number of aliphatic hydroxyl groups is 1. The van der Waals surface area contributed by atoms with Crippen molar-refractivity contribution in [3.8, 4) is 0 Å². The van der Waals surface area contributed by atoms with E-state index in [-0.39, 0.29) is 0 Å². The standard InChI is InChI=1S/C20H26N2O/c1-3-8-22-11-13(12-23)9-15-14-6-5-7-18-20(14)16(10-19(15)22)17(4-2)21-18/h4-7,13,15,19,21,23H,2-3,8-12H2,1H3/t13-,15?,19-/m1/s1. The minimum absolute atomic E-state index is 0.303. The first-order valence-corrected chi connectivity index (χ1v) is 8.87. The van der Waals surface area contributed by atoms with E-state index in [9.17, 15) is 5.11 Å². The van der Waals surface area contributed by atoms with E-state index in [1.165, 1.54) is 34.1 Å². The van der Waals surface area contributed by atoms with Crippen molar-refractivity contribution in [2.24, 2.45) is 5.92 Å². The molecule has 1 saturated heterocycles. The monoisotopic (exact) mass is 310 g/mol. The van der Waals surface area contributed by atoms with Crippen LogP contribution in [0.4, 0.5) is 0 Å². The molecule has 1 aromatic carbocycles. The first-order valence-electron chi connectivity index (χ1n) is 8.87. The first-order chi connectivity index (χ1) is 11.3. The molecule has 0 saturated carbocycles. The lowest BCUT2D eigenvalue weighted by Crippen LogP contribution is -2.50. The van der Waals surface area contributed by atoms with Crippen LogP contribution in [0.3, 0.4) is 0 Å². The molecule has 2 heterocycles. The van der Waals surface area contributed by atoms with Gasteiger partial charge >= 0.3 is 0 Å². The van der Waals surface area contributed by atoms with Gasteiger partial charge in [0.05, 0.1) is 0 Å². The van der Waals surface area contributed by atoms with E-state index < -0.39 is 0 Å². The minimum Gasteiger partial charge on any atom is -0.396 e. The highest BCUT2D eigenvalue weighted by Gasteiger charge is 2.40. The van der Waals surface area contributed by atoms with Crippen molar-refractivity contribution in [3.63, 3.8) is 0 Å². The average molecular weight is 310 g/mol. The molecule has 0 spiro atoms. The van der Waals surface area contributed by atoms with E-state index in [0.717, 1.165) is 25.9 Å². The highest BCUT2D eigenvalue weighted by Crippen LogP contribution is 2.45. The Morgan fingerprint density at radius 2 is 2.30 bits per heavy atom. The maximum Gasteiger partial charge on any atom is 0.0471 e. The molecular formula is C20H26N2O. The van der Waals surface area contributed by atoms with Crippen LogP contribution in [0.15, 0.2) is 24.8 Å². The molecule has 0 amide bonds. The summed E-state index contributed by atoms with van der Waals surface area (Å²) in [6.07, 6.45) is 5.33. The van der Waals surface area contributed by atoms with Crippen molar-refractivity contribution in [2.75, 3.05) is 19.7 Å². The molecule has 2 aliphatic rings. The third-order valence-corrected chi connectivity index (χ3v) is 5.79. The Kier molecular flexibility index (Phi) is 3.78. The van der Waals surface area contributed by atoms with Crippen molar-refractivity contribution in [3.05, 3.63) is 41.6 Å². The molecule has 3 atom stereocenters. The number of nitrogens with zero attached hydrogens (tertiary/aromatic N) is 1. The molecule has 1 aromatic heterocycles. The van der Waals surface area contributed by atoms with Gasteiger partial charge in [0.1, 0.15) is 0 Å². The Balaban J connectivity index is 1.85. The number of hydrogen-bond donors (Lipinski definition) is 2. The van der Waals surface area contributed by atoms with Gasteiger partial charge in [-0.25, -0.2) is 0 Å². The highest BCUT2D eigenvalue weighted by molar-refractivity contribution is 5.91.